The molecule has 1 atom stereocenters. The van der Waals surface area contributed by atoms with Crippen molar-refractivity contribution < 1.29 is 19.1 Å². The third-order valence-corrected chi connectivity index (χ3v) is 4.82. The van der Waals surface area contributed by atoms with Crippen LogP contribution in [0.3, 0.4) is 0 Å². The molecule has 0 saturated heterocycles. The average molecular weight is 388 g/mol. The highest BCUT2D eigenvalue weighted by atomic mass is 16.6. The summed E-state index contributed by atoms with van der Waals surface area (Å²) in [6, 6.07) is 21.9. The Morgan fingerprint density at radius 2 is 1.48 bits per heavy atom. The Labute approximate surface area is 171 Å². The molecule has 0 spiro atoms. The number of carbonyl (C=O) groups excluding carboxylic acids is 2. The Kier molecular flexibility index (Phi) is 6.45. The molecule has 0 radical (unpaired) electrons. The van der Waals surface area contributed by atoms with Gasteiger partial charge in [0.2, 0.25) is 5.78 Å². The van der Waals surface area contributed by atoms with Gasteiger partial charge in [0, 0.05) is 11.1 Å². The third-order valence-electron chi connectivity index (χ3n) is 4.82. The van der Waals surface area contributed by atoms with Gasteiger partial charge in [-0.3, -0.25) is 4.79 Å². The van der Waals surface area contributed by atoms with Crippen molar-refractivity contribution in [3.8, 4) is 5.75 Å². The molecule has 0 heterocycles. The van der Waals surface area contributed by atoms with Gasteiger partial charge in [0.15, 0.2) is 12.7 Å². The summed E-state index contributed by atoms with van der Waals surface area (Å²) in [4.78, 5) is 25.6. The van der Waals surface area contributed by atoms with E-state index >= 15 is 0 Å². The molecule has 4 nitrogen and oxygen atoms in total. The van der Waals surface area contributed by atoms with Crippen LogP contribution < -0.4 is 4.74 Å². The molecule has 0 bridgehead atoms. The molecule has 0 fully saturated rings. The summed E-state index contributed by atoms with van der Waals surface area (Å²) in [7, 11) is 0. The van der Waals surface area contributed by atoms with Crippen molar-refractivity contribution in [2.75, 3.05) is 6.61 Å². The molecule has 0 N–H and O–H groups in total. The van der Waals surface area contributed by atoms with Crippen LogP contribution in [0.1, 0.15) is 38.7 Å². The van der Waals surface area contributed by atoms with Gasteiger partial charge in [0.25, 0.3) is 0 Å². The molecule has 0 amide bonds. The number of carbonyl (C=O) groups is 2. The average Bonchev–Trinajstić information content (AvgIpc) is 2.73. The lowest BCUT2D eigenvalue weighted by molar-refractivity contribution is -0.149. The zero-order valence-electron chi connectivity index (χ0n) is 16.8. The fourth-order valence-electron chi connectivity index (χ4n) is 2.97. The van der Waals surface area contributed by atoms with E-state index in [1.54, 1.807) is 24.3 Å². The summed E-state index contributed by atoms with van der Waals surface area (Å²) >= 11 is 0. The van der Waals surface area contributed by atoms with E-state index in [4.69, 9.17) is 9.47 Å². The molecule has 0 aromatic heterocycles. The van der Waals surface area contributed by atoms with Gasteiger partial charge in [0.1, 0.15) is 5.75 Å². The Bertz CT molecular complexity index is 1010. The van der Waals surface area contributed by atoms with Crippen LogP contribution in [-0.4, -0.2) is 18.4 Å². The predicted octanol–water partition coefficient (Wildman–Crippen LogP) is 5.16. The first-order valence-corrected chi connectivity index (χ1v) is 9.50. The topological polar surface area (TPSA) is 52.6 Å². The van der Waals surface area contributed by atoms with Gasteiger partial charge < -0.3 is 9.47 Å². The minimum absolute atomic E-state index is 0.261. The van der Waals surface area contributed by atoms with E-state index in [1.165, 1.54) is 0 Å². The highest BCUT2D eigenvalue weighted by molar-refractivity contribution is 6.01. The number of hydrogen-bond acceptors (Lipinski definition) is 4. The zero-order chi connectivity index (χ0) is 20.8. The number of ether oxygens (including phenoxy) is 2. The summed E-state index contributed by atoms with van der Waals surface area (Å²) in [5, 5.41) is 0. The van der Waals surface area contributed by atoms with Crippen LogP contribution in [0.2, 0.25) is 0 Å². The van der Waals surface area contributed by atoms with E-state index < -0.39 is 12.1 Å². The van der Waals surface area contributed by atoms with Crippen molar-refractivity contribution in [1.82, 2.24) is 0 Å². The molecule has 3 aromatic rings. The molecule has 0 aliphatic rings. The van der Waals surface area contributed by atoms with Crippen LogP contribution >= 0.6 is 0 Å². The third kappa shape index (κ3) is 5.11. The lowest BCUT2D eigenvalue weighted by Crippen LogP contribution is -2.24. The molecule has 4 heteroatoms. The first kappa shape index (κ1) is 20.3. The standard InChI is InChI=1S/C25H24O4/c1-17-13-14-21(15-19(17)3)24(27)25(20-10-5-4-6-11-20)29-23(26)16-28-22-12-8-7-9-18(22)2/h4-15,25H,16H2,1-3H3. The van der Waals surface area contributed by atoms with Crippen molar-refractivity contribution >= 4 is 11.8 Å². The van der Waals surface area contributed by atoms with Gasteiger partial charge in [-0.2, -0.15) is 0 Å². The van der Waals surface area contributed by atoms with E-state index in [9.17, 15) is 9.59 Å². The molecule has 3 rings (SSSR count). The lowest BCUT2D eigenvalue weighted by atomic mass is 9.97. The van der Waals surface area contributed by atoms with E-state index in [1.807, 2.05) is 69.3 Å². The highest BCUT2D eigenvalue weighted by Crippen LogP contribution is 2.24. The van der Waals surface area contributed by atoms with Crippen LogP contribution in [0.15, 0.2) is 72.8 Å². The van der Waals surface area contributed by atoms with Gasteiger partial charge in [-0.1, -0.05) is 60.7 Å². The molecule has 3 aromatic carbocycles. The monoisotopic (exact) mass is 388 g/mol. The van der Waals surface area contributed by atoms with Crippen molar-refractivity contribution in [1.29, 1.82) is 0 Å². The second kappa shape index (κ2) is 9.20. The quantitative estimate of drug-likeness (QED) is 0.414. The number of aryl methyl sites for hydroxylation is 3. The maximum Gasteiger partial charge on any atom is 0.345 e. The zero-order valence-corrected chi connectivity index (χ0v) is 16.8. The largest absolute Gasteiger partial charge is 0.482 e. The number of ketones is 1. The van der Waals surface area contributed by atoms with Crippen LogP contribution in [0, 0.1) is 20.8 Å². The summed E-state index contributed by atoms with van der Waals surface area (Å²) in [6.07, 6.45) is -1.02. The van der Waals surface area contributed by atoms with Crippen LogP contribution in [0.5, 0.6) is 5.75 Å². The van der Waals surface area contributed by atoms with Crippen LogP contribution in [0.4, 0.5) is 0 Å². The fourth-order valence-corrected chi connectivity index (χ4v) is 2.97. The van der Waals surface area contributed by atoms with Gasteiger partial charge >= 0.3 is 5.97 Å². The number of benzene rings is 3. The van der Waals surface area contributed by atoms with Crippen LogP contribution in [0.25, 0.3) is 0 Å². The summed E-state index contributed by atoms with van der Waals surface area (Å²) in [5.41, 5.74) is 4.17. The minimum Gasteiger partial charge on any atom is -0.482 e. The number of para-hydroxylation sites is 1. The molecule has 148 valence electrons. The minimum atomic E-state index is -1.02. The molecule has 29 heavy (non-hydrogen) atoms. The van der Waals surface area contributed by atoms with Gasteiger partial charge in [-0.15, -0.1) is 0 Å². The Hall–Kier alpha value is -3.40. The van der Waals surface area contributed by atoms with Crippen LogP contribution in [-0.2, 0) is 9.53 Å². The first-order chi connectivity index (χ1) is 14.0. The van der Waals surface area contributed by atoms with Crippen molar-refractivity contribution in [3.05, 3.63) is 101 Å². The smallest absolute Gasteiger partial charge is 0.345 e. The Morgan fingerprint density at radius 1 is 0.793 bits per heavy atom. The maximum atomic E-state index is 13.2. The molecule has 0 saturated carbocycles. The summed E-state index contributed by atoms with van der Waals surface area (Å²) in [6.45, 7) is 5.57. The number of esters is 1. The maximum absolute atomic E-state index is 13.2. The van der Waals surface area contributed by atoms with Gasteiger partial charge in [-0.25, -0.2) is 4.79 Å². The summed E-state index contributed by atoms with van der Waals surface area (Å²) in [5.74, 6) is -0.246. The van der Waals surface area contributed by atoms with Crippen molar-refractivity contribution in [3.63, 3.8) is 0 Å². The number of rotatable bonds is 7. The number of hydrogen-bond donors (Lipinski definition) is 0. The highest BCUT2D eigenvalue weighted by Gasteiger charge is 2.26. The predicted molar refractivity (Wildman–Crippen MR) is 112 cm³/mol. The fraction of sp³-hybridized carbons (Fsp3) is 0.200. The lowest BCUT2D eigenvalue weighted by Gasteiger charge is -2.18. The Balaban J connectivity index is 1.78. The van der Waals surface area contributed by atoms with E-state index in [2.05, 4.69) is 0 Å². The normalized spacial score (nSPS) is 11.6. The first-order valence-electron chi connectivity index (χ1n) is 9.50. The van der Waals surface area contributed by atoms with Gasteiger partial charge in [0.05, 0.1) is 0 Å². The van der Waals surface area contributed by atoms with Crippen molar-refractivity contribution in [2.24, 2.45) is 0 Å². The summed E-state index contributed by atoms with van der Waals surface area (Å²) < 4.78 is 11.1. The molecule has 0 aliphatic carbocycles. The number of Topliss-reactive ketones (excluding diaryl/α,β-unsaturated/α-hetero) is 1. The molecule has 1 unspecified atom stereocenters. The second-order valence-electron chi connectivity index (χ2n) is 7.00. The second-order valence-corrected chi connectivity index (χ2v) is 7.00. The Morgan fingerprint density at radius 3 is 2.17 bits per heavy atom. The van der Waals surface area contributed by atoms with E-state index in [0.717, 1.165) is 16.7 Å². The molecule has 0 aliphatic heterocycles. The SMILES string of the molecule is Cc1ccc(C(=O)C(OC(=O)COc2ccccc2C)c2ccccc2)cc1C. The van der Waals surface area contributed by atoms with Crippen molar-refractivity contribution in [2.45, 2.75) is 26.9 Å². The van der Waals surface area contributed by atoms with E-state index in [-0.39, 0.29) is 12.4 Å². The van der Waals surface area contributed by atoms with Gasteiger partial charge in [-0.05, 0) is 49.6 Å². The molecular weight excluding hydrogens is 364 g/mol. The van der Waals surface area contributed by atoms with E-state index in [0.29, 0.717) is 16.9 Å². The molecular formula is C25H24O4.